The largest absolute Gasteiger partial charge is 0.340 e. The Kier molecular flexibility index (Phi) is 6.31. The maximum atomic E-state index is 13.2. The van der Waals surface area contributed by atoms with Gasteiger partial charge in [-0.05, 0) is 31.0 Å². The molecule has 136 valence electrons. The van der Waals surface area contributed by atoms with E-state index in [2.05, 4.69) is 14.1 Å². The van der Waals surface area contributed by atoms with Gasteiger partial charge >= 0.3 is 0 Å². The summed E-state index contributed by atoms with van der Waals surface area (Å²) in [6, 6.07) is 5.73. The van der Waals surface area contributed by atoms with Crippen molar-refractivity contribution in [2.45, 2.75) is 38.5 Å². The molecule has 1 aromatic carbocycles. The van der Waals surface area contributed by atoms with Crippen LogP contribution in [-0.4, -0.2) is 38.1 Å². The van der Waals surface area contributed by atoms with Gasteiger partial charge < -0.3 is 4.90 Å². The topological polar surface area (TPSA) is 37.6 Å². The van der Waals surface area contributed by atoms with E-state index < -0.39 is 0 Å². The van der Waals surface area contributed by atoms with E-state index in [9.17, 15) is 4.79 Å². The van der Waals surface area contributed by atoms with E-state index in [1.807, 2.05) is 23.1 Å². The van der Waals surface area contributed by atoms with E-state index in [1.54, 1.807) is 11.3 Å². The van der Waals surface area contributed by atoms with Crippen LogP contribution in [0.15, 0.2) is 18.2 Å². The van der Waals surface area contributed by atoms with E-state index in [0.717, 1.165) is 47.7 Å². The molecule has 1 fully saturated rings. The lowest BCUT2D eigenvalue weighted by Gasteiger charge is -2.27. The first-order valence-corrected chi connectivity index (χ1v) is 10.4. The van der Waals surface area contributed by atoms with Crippen molar-refractivity contribution in [1.82, 2.24) is 4.98 Å². The molecule has 0 radical (unpaired) electrons. The van der Waals surface area contributed by atoms with E-state index in [-0.39, 0.29) is 11.8 Å². The standard InChI is InChI=1S/C19H26ClN3OS/c1-22(2)11-6-12-23(18(24)14-7-4-3-5-8-14)19-21-16-10-9-15(20)13-17(16)25-19/h9-10,13-14H,3-8,11-12H2,1-2H3/p+1. The Labute approximate surface area is 158 Å². The number of nitrogens with one attached hydrogen (secondary N) is 1. The van der Waals surface area contributed by atoms with Gasteiger partial charge in [-0.1, -0.05) is 42.2 Å². The molecule has 1 saturated carbocycles. The number of hydrogen-bond donors (Lipinski definition) is 1. The summed E-state index contributed by atoms with van der Waals surface area (Å²) in [5.41, 5.74) is 0.920. The number of hydrogen-bond acceptors (Lipinski definition) is 3. The Morgan fingerprint density at radius 1 is 1.32 bits per heavy atom. The summed E-state index contributed by atoms with van der Waals surface area (Å²) >= 11 is 7.68. The van der Waals surface area contributed by atoms with Crippen LogP contribution in [0.25, 0.3) is 10.2 Å². The molecule has 0 atom stereocenters. The smallest absolute Gasteiger partial charge is 0.231 e. The fourth-order valence-electron chi connectivity index (χ4n) is 3.46. The molecular weight excluding hydrogens is 354 g/mol. The van der Waals surface area contributed by atoms with Crippen molar-refractivity contribution in [2.75, 3.05) is 32.1 Å². The molecular formula is C19H27ClN3OS+. The number of fused-ring (bicyclic) bond motifs is 1. The van der Waals surface area contributed by atoms with Gasteiger partial charge in [0.2, 0.25) is 5.91 Å². The van der Waals surface area contributed by atoms with Crippen molar-refractivity contribution in [1.29, 1.82) is 0 Å². The van der Waals surface area contributed by atoms with Crippen molar-refractivity contribution < 1.29 is 9.69 Å². The number of nitrogens with zero attached hydrogens (tertiary/aromatic N) is 2. The zero-order valence-electron chi connectivity index (χ0n) is 15.1. The molecule has 0 aliphatic heterocycles. The molecule has 1 N–H and O–H groups in total. The second-order valence-corrected chi connectivity index (χ2v) is 8.69. The van der Waals surface area contributed by atoms with E-state index in [0.29, 0.717) is 5.02 Å². The van der Waals surface area contributed by atoms with Crippen molar-refractivity contribution >= 4 is 44.2 Å². The van der Waals surface area contributed by atoms with Crippen molar-refractivity contribution in [2.24, 2.45) is 5.92 Å². The molecule has 1 aliphatic rings. The van der Waals surface area contributed by atoms with E-state index in [4.69, 9.17) is 16.6 Å². The van der Waals surface area contributed by atoms with Crippen LogP contribution in [0.2, 0.25) is 5.02 Å². The third-order valence-corrected chi connectivity index (χ3v) is 6.13. The minimum atomic E-state index is 0.163. The van der Waals surface area contributed by atoms with Crippen molar-refractivity contribution in [3.63, 3.8) is 0 Å². The monoisotopic (exact) mass is 380 g/mol. The molecule has 3 rings (SSSR count). The van der Waals surface area contributed by atoms with Gasteiger partial charge in [0.25, 0.3) is 0 Å². The fraction of sp³-hybridized carbons (Fsp3) is 0.579. The maximum Gasteiger partial charge on any atom is 0.231 e. The minimum Gasteiger partial charge on any atom is -0.340 e. The van der Waals surface area contributed by atoms with Gasteiger partial charge in [0.1, 0.15) is 0 Å². The van der Waals surface area contributed by atoms with E-state index >= 15 is 0 Å². The zero-order chi connectivity index (χ0) is 17.8. The summed E-state index contributed by atoms with van der Waals surface area (Å²) in [4.78, 5) is 21.2. The zero-order valence-corrected chi connectivity index (χ0v) is 16.6. The maximum absolute atomic E-state index is 13.2. The van der Waals surface area contributed by atoms with Gasteiger partial charge in [0.15, 0.2) is 5.13 Å². The molecule has 6 heteroatoms. The summed E-state index contributed by atoms with van der Waals surface area (Å²) in [7, 11) is 4.29. The molecule has 0 unspecified atom stereocenters. The number of halogens is 1. The molecule has 0 bridgehead atoms. The molecule has 0 saturated heterocycles. The quantitative estimate of drug-likeness (QED) is 0.834. The number of thiazole rings is 1. The number of anilines is 1. The minimum absolute atomic E-state index is 0.163. The summed E-state index contributed by atoms with van der Waals surface area (Å²) in [5, 5.41) is 1.53. The highest BCUT2D eigenvalue weighted by molar-refractivity contribution is 7.22. The highest BCUT2D eigenvalue weighted by Crippen LogP contribution is 2.33. The normalized spacial score (nSPS) is 15.8. The van der Waals surface area contributed by atoms with Crippen LogP contribution in [0.4, 0.5) is 5.13 Å². The molecule has 2 aromatic rings. The highest BCUT2D eigenvalue weighted by atomic mass is 35.5. The number of rotatable bonds is 6. The number of carbonyl (C=O) groups is 1. The highest BCUT2D eigenvalue weighted by Gasteiger charge is 2.28. The van der Waals surface area contributed by atoms with Crippen LogP contribution in [0.3, 0.4) is 0 Å². The first-order chi connectivity index (χ1) is 12.0. The molecule has 25 heavy (non-hydrogen) atoms. The summed E-state index contributed by atoms with van der Waals surface area (Å²) < 4.78 is 1.04. The Morgan fingerprint density at radius 3 is 2.80 bits per heavy atom. The second-order valence-electron chi connectivity index (χ2n) is 7.24. The van der Waals surface area contributed by atoms with Crippen LogP contribution < -0.4 is 9.80 Å². The Bertz CT molecular complexity index is 725. The average Bonchev–Trinajstić information content (AvgIpc) is 3.01. The Balaban J connectivity index is 1.83. The van der Waals surface area contributed by atoms with Gasteiger partial charge in [-0.3, -0.25) is 9.69 Å². The van der Waals surface area contributed by atoms with Crippen LogP contribution in [0.5, 0.6) is 0 Å². The number of aromatic nitrogens is 1. The van der Waals surface area contributed by atoms with E-state index in [1.165, 1.54) is 24.2 Å². The van der Waals surface area contributed by atoms with Crippen molar-refractivity contribution in [3.8, 4) is 0 Å². The van der Waals surface area contributed by atoms with Crippen LogP contribution in [-0.2, 0) is 4.79 Å². The van der Waals surface area contributed by atoms with Gasteiger partial charge in [0, 0.05) is 23.9 Å². The molecule has 1 heterocycles. The van der Waals surface area contributed by atoms with Crippen LogP contribution in [0.1, 0.15) is 38.5 Å². The predicted molar refractivity (Wildman–Crippen MR) is 106 cm³/mol. The SMILES string of the molecule is C[NH+](C)CCCN(C(=O)C1CCCCC1)c1nc2ccc(Cl)cc2s1. The van der Waals surface area contributed by atoms with Crippen LogP contribution in [0, 0.1) is 5.92 Å². The first kappa shape index (κ1) is 18.6. The van der Waals surface area contributed by atoms with Crippen molar-refractivity contribution in [3.05, 3.63) is 23.2 Å². The molecule has 1 amide bonds. The Hall–Kier alpha value is -1.17. The molecule has 4 nitrogen and oxygen atoms in total. The van der Waals surface area contributed by atoms with Gasteiger partial charge in [-0.25, -0.2) is 4.98 Å². The number of carbonyl (C=O) groups excluding carboxylic acids is 1. The summed E-state index contributed by atoms with van der Waals surface area (Å²) in [6.07, 6.45) is 6.62. The second kappa shape index (κ2) is 8.47. The number of amides is 1. The van der Waals surface area contributed by atoms with Gasteiger partial charge in [0.05, 0.1) is 30.9 Å². The molecule has 1 aliphatic carbocycles. The average molecular weight is 381 g/mol. The lowest BCUT2D eigenvalue weighted by molar-refractivity contribution is -0.858. The van der Waals surface area contributed by atoms with Crippen LogP contribution >= 0.6 is 22.9 Å². The first-order valence-electron chi connectivity index (χ1n) is 9.21. The predicted octanol–water partition coefficient (Wildman–Crippen LogP) is 3.40. The third-order valence-electron chi connectivity index (χ3n) is 4.85. The summed E-state index contributed by atoms with van der Waals surface area (Å²) in [6.45, 7) is 1.79. The fourth-order valence-corrected chi connectivity index (χ4v) is 4.74. The number of quaternary nitrogens is 1. The number of benzene rings is 1. The third kappa shape index (κ3) is 4.72. The Morgan fingerprint density at radius 2 is 2.08 bits per heavy atom. The van der Waals surface area contributed by atoms with Gasteiger partial charge in [-0.2, -0.15) is 0 Å². The molecule has 1 aromatic heterocycles. The van der Waals surface area contributed by atoms with Gasteiger partial charge in [-0.15, -0.1) is 0 Å². The lowest BCUT2D eigenvalue weighted by atomic mass is 9.88. The lowest BCUT2D eigenvalue weighted by Crippen LogP contribution is -3.05. The molecule has 0 spiro atoms. The summed E-state index contributed by atoms with van der Waals surface area (Å²) in [5.74, 6) is 0.426.